The van der Waals surface area contributed by atoms with Crippen molar-refractivity contribution in [2.75, 3.05) is 13.1 Å². The average Bonchev–Trinajstić information content (AvgIpc) is 2.83. The van der Waals surface area contributed by atoms with E-state index in [1.54, 1.807) is 0 Å². The van der Waals surface area contributed by atoms with Crippen molar-refractivity contribution in [3.05, 3.63) is 17.2 Å². The van der Waals surface area contributed by atoms with E-state index in [0.717, 1.165) is 10.8 Å². The molecule has 3 rings (SSSR count). The zero-order valence-electron chi connectivity index (χ0n) is 8.85. The molecule has 2 fully saturated rings. The second-order valence-electron chi connectivity index (χ2n) is 4.63. The van der Waals surface area contributed by atoms with E-state index in [9.17, 15) is 0 Å². The predicted molar refractivity (Wildman–Crippen MR) is 62.5 cm³/mol. The Hall–Kier alpha value is -0.610. The fraction of sp³-hybridized carbons (Fsp3) is 0.727. The smallest absolute Gasteiger partial charge is 0.177 e. The van der Waals surface area contributed by atoms with Crippen LogP contribution in [0.1, 0.15) is 31.7 Å². The highest BCUT2D eigenvalue weighted by molar-refractivity contribution is 7.71. The maximum atomic E-state index is 5.30. The molecule has 0 aromatic carbocycles. The van der Waals surface area contributed by atoms with Crippen LogP contribution in [0, 0.1) is 4.77 Å². The van der Waals surface area contributed by atoms with Crippen molar-refractivity contribution >= 4 is 12.2 Å². The van der Waals surface area contributed by atoms with Crippen LogP contribution < -0.4 is 0 Å². The van der Waals surface area contributed by atoms with Crippen molar-refractivity contribution < 1.29 is 0 Å². The van der Waals surface area contributed by atoms with Crippen LogP contribution in [0.3, 0.4) is 0 Å². The number of fused-ring (bicyclic) bond motifs is 1. The number of nitrogens with zero attached hydrogens (tertiary/aromatic N) is 2. The first-order chi connectivity index (χ1) is 7.36. The Bertz CT molecular complexity index is 395. The molecular weight excluding hydrogens is 206 g/mol. The number of H-pyrrole nitrogens is 1. The molecule has 2 saturated heterocycles. The molecule has 82 valence electrons. The molecule has 3 nitrogen and oxygen atoms in total. The van der Waals surface area contributed by atoms with E-state index in [1.165, 1.54) is 38.8 Å². The summed E-state index contributed by atoms with van der Waals surface area (Å²) >= 11 is 5.30. The fourth-order valence-electron chi connectivity index (χ4n) is 3.14. The third kappa shape index (κ3) is 1.56. The highest BCUT2D eigenvalue weighted by Crippen LogP contribution is 2.34. The lowest BCUT2D eigenvalue weighted by Gasteiger charge is -2.32. The summed E-state index contributed by atoms with van der Waals surface area (Å²) in [5, 5.41) is 0. The van der Waals surface area contributed by atoms with Gasteiger partial charge in [0.2, 0.25) is 0 Å². The van der Waals surface area contributed by atoms with Crippen LogP contribution in [-0.4, -0.2) is 33.6 Å². The molecule has 3 heterocycles. The zero-order valence-corrected chi connectivity index (χ0v) is 9.67. The minimum Gasteiger partial charge on any atom is -0.337 e. The molecule has 0 saturated carbocycles. The number of aromatic amines is 1. The summed E-state index contributed by atoms with van der Waals surface area (Å²) in [7, 11) is 0. The van der Waals surface area contributed by atoms with Gasteiger partial charge in [0.05, 0.1) is 6.04 Å². The predicted octanol–water partition coefficient (Wildman–Crippen LogP) is 2.34. The Morgan fingerprint density at radius 1 is 1.20 bits per heavy atom. The molecule has 1 aromatic rings. The van der Waals surface area contributed by atoms with E-state index in [0.29, 0.717) is 6.04 Å². The van der Waals surface area contributed by atoms with E-state index in [2.05, 4.69) is 20.6 Å². The number of aromatic nitrogens is 2. The molecule has 2 unspecified atom stereocenters. The Balaban J connectivity index is 1.88. The van der Waals surface area contributed by atoms with Gasteiger partial charge in [0, 0.05) is 25.0 Å². The molecule has 1 aromatic heterocycles. The number of hydrogen-bond donors (Lipinski definition) is 1. The first-order valence-electron chi connectivity index (χ1n) is 5.86. The van der Waals surface area contributed by atoms with Crippen LogP contribution in [-0.2, 0) is 0 Å². The molecule has 2 aliphatic heterocycles. The van der Waals surface area contributed by atoms with Gasteiger partial charge in [0.1, 0.15) is 0 Å². The van der Waals surface area contributed by atoms with Crippen molar-refractivity contribution in [3.63, 3.8) is 0 Å². The zero-order chi connectivity index (χ0) is 10.3. The van der Waals surface area contributed by atoms with Crippen LogP contribution >= 0.6 is 12.2 Å². The first-order valence-corrected chi connectivity index (χ1v) is 6.26. The molecule has 0 radical (unpaired) electrons. The lowest BCUT2D eigenvalue weighted by molar-refractivity contribution is 0.173. The quantitative estimate of drug-likeness (QED) is 0.739. The van der Waals surface area contributed by atoms with Crippen molar-refractivity contribution in [1.82, 2.24) is 14.5 Å². The molecular formula is C11H17N3S. The van der Waals surface area contributed by atoms with Crippen LogP contribution in [0.15, 0.2) is 12.4 Å². The van der Waals surface area contributed by atoms with Gasteiger partial charge in [-0.2, -0.15) is 0 Å². The van der Waals surface area contributed by atoms with Crippen LogP contribution in [0.4, 0.5) is 0 Å². The SMILES string of the molecule is S=c1[nH]ccn1C1CCN2CCCCC12. The van der Waals surface area contributed by atoms with E-state index < -0.39 is 0 Å². The summed E-state index contributed by atoms with van der Waals surface area (Å²) in [4.78, 5) is 5.74. The highest BCUT2D eigenvalue weighted by Gasteiger charge is 2.36. The molecule has 1 N–H and O–H groups in total. The van der Waals surface area contributed by atoms with Gasteiger partial charge in [-0.25, -0.2) is 0 Å². The third-order valence-corrected chi connectivity index (χ3v) is 4.18. The Labute approximate surface area is 95.1 Å². The normalized spacial score (nSPS) is 31.7. The Kier molecular flexibility index (Phi) is 2.41. The van der Waals surface area contributed by atoms with Crippen LogP contribution in [0.5, 0.6) is 0 Å². The second-order valence-corrected chi connectivity index (χ2v) is 5.01. The number of piperidine rings is 1. The fourth-order valence-corrected chi connectivity index (χ4v) is 3.40. The molecule has 4 heteroatoms. The standard InChI is InChI=1S/C11H17N3S/c15-11-12-5-8-14(11)10-4-7-13-6-2-1-3-9(10)13/h5,8-10H,1-4,6-7H2,(H,12,15). The van der Waals surface area contributed by atoms with Crippen molar-refractivity contribution in [3.8, 4) is 0 Å². The van der Waals surface area contributed by atoms with Gasteiger partial charge in [0.25, 0.3) is 0 Å². The molecule has 2 atom stereocenters. The largest absolute Gasteiger partial charge is 0.337 e. The van der Waals surface area contributed by atoms with Gasteiger partial charge >= 0.3 is 0 Å². The van der Waals surface area contributed by atoms with Crippen LogP contribution in [0.2, 0.25) is 0 Å². The first kappa shape index (κ1) is 9.60. The number of rotatable bonds is 1. The van der Waals surface area contributed by atoms with Crippen molar-refractivity contribution in [2.24, 2.45) is 0 Å². The molecule has 0 spiro atoms. The van der Waals surface area contributed by atoms with E-state index in [-0.39, 0.29) is 0 Å². The molecule has 0 aliphatic carbocycles. The number of hydrogen-bond acceptors (Lipinski definition) is 2. The number of nitrogens with one attached hydrogen (secondary N) is 1. The lowest BCUT2D eigenvalue weighted by Crippen LogP contribution is -2.37. The van der Waals surface area contributed by atoms with Gasteiger partial charge in [0.15, 0.2) is 4.77 Å². The topological polar surface area (TPSA) is 24.0 Å². The summed E-state index contributed by atoms with van der Waals surface area (Å²) in [5.74, 6) is 0. The molecule has 0 bridgehead atoms. The third-order valence-electron chi connectivity index (χ3n) is 3.85. The Morgan fingerprint density at radius 2 is 2.13 bits per heavy atom. The highest BCUT2D eigenvalue weighted by atomic mass is 32.1. The molecule has 15 heavy (non-hydrogen) atoms. The van der Waals surface area contributed by atoms with E-state index in [1.807, 2.05) is 6.20 Å². The van der Waals surface area contributed by atoms with Gasteiger partial charge in [-0.05, 0) is 38.0 Å². The molecule has 2 aliphatic rings. The summed E-state index contributed by atoms with van der Waals surface area (Å²) < 4.78 is 3.14. The maximum absolute atomic E-state index is 5.30. The average molecular weight is 223 g/mol. The van der Waals surface area contributed by atoms with Crippen molar-refractivity contribution in [2.45, 2.75) is 37.8 Å². The summed E-state index contributed by atoms with van der Waals surface area (Å²) in [6, 6.07) is 1.35. The monoisotopic (exact) mass is 223 g/mol. The number of imidazole rings is 1. The van der Waals surface area contributed by atoms with Gasteiger partial charge in [-0.1, -0.05) is 6.42 Å². The Morgan fingerprint density at radius 3 is 2.93 bits per heavy atom. The summed E-state index contributed by atoms with van der Waals surface area (Å²) in [5.41, 5.74) is 0. The van der Waals surface area contributed by atoms with Gasteiger partial charge in [-0.15, -0.1) is 0 Å². The van der Waals surface area contributed by atoms with Crippen molar-refractivity contribution in [1.29, 1.82) is 0 Å². The lowest BCUT2D eigenvalue weighted by atomic mass is 9.99. The minimum atomic E-state index is 0.615. The van der Waals surface area contributed by atoms with E-state index >= 15 is 0 Å². The molecule has 0 amide bonds. The van der Waals surface area contributed by atoms with E-state index in [4.69, 9.17) is 12.2 Å². The minimum absolute atomic E-state index is 0.615. The summed E-state index contributed by atoms with van der Waals surface area (Å²) in [6.07, 6.45) is 9.42. The van der Waals surface area contributed by atoms with Gasteiger partial charge in [-0.3, -0.25) is 4.90 Å². The van der Waals surface area contributed by atoms with Gasteiger partial charge < -0.3 is 9.55 Å². The summed E-state index contributed by atoms with van der Waals surface area (Å²) in [6.45, 7) is 2.54. The second kappa shape index (κ2) is 3.76. The van der Waals surface area contributed by atoms with Crippen LogP contribution in [0.25, 0.3) is 0 Å². The maximum Gasteiger partial charge on any atom is 0.177 e.